The zero-order chi connectivity index (χ0) is 20.4. The van der Waals surface area contributed by atoms with Gasteiger partial charge in [-0.25, -0.2) is 14.8 Å². The lowest BCUT2D eigenvalue weighted by Gasteiger charge is -2.26. The van der Waals surface area contributed by atoms with E-state index >= 15 is 0 Å². The minimum Gasteiger partial charge on any atom is -0.478 e. The summed E-state index contributed by atoms with van der Waals surface area (Å²) in [5.41, 5.74) is 3.91. The van der Waals surface area contributed by atoms with Gasteiger partial charge in [-0.2, -0.15) is 5.26 Å². The first kappa shape index (κ1) is 18.5. The Bertz CT molecular complexity index is 1170. The first-order chi connectivity index (χ1) is 14.0. The van der Waals surface area contributed by atoms with Crippen LogP contribution >= 0.6 is 11.6 Å². The molecule has 142 valence electrons. The zero-order valence-electron chi connectivity index (χ0n) is 15.0. The third-order valence-electron chi connectivity index (χ3n) is 4.51. The summed E-state index contributed by atoms with van der Waals surface area (Å²) in [6.45, 7) is 0.517. The van der Waals surface area contributed by atoms with E-state index in [0.717, 1.165) is 22.6 Å². The van der Waals surface area contributed by atoms with Gasteiger partial charge < -0.3 is 15.3 Å². The fraction of sp³-hybridized carbons (Fsp3) is 0.0476. The zero-order valence-corrected chi connectivity index (χ0v) is 15.8. The number of carbonyl (C=O) groups is 1. The Balaban J connectivity index is 1.58. The monoisotopic (exact) mass is 403 g/mol. The molecule has 0 saturated heterocycles. The average Bonchev–Trinajstić information content (AvgIpc) is 2.74. The van der Waals surface area contributed by atoms with Crippen LogP contribution in [0.3, 0.4) is 0 Å². The Morgan fingerprint density at radius 1 is 1.21 bits per heavy atom. The number of nitrogens with one attached hydrogen (secondary N) is 1. The second-order valence-corrected chi connectivity index (χ2v) is 6.72. The Morgan fingerprint density at radius 2 is 2.00 bits per heavy atom. The third kappa shape index (κ3) is 3.74. The number of rotatable bonds is 4. The Hall–Kier alpha value is -3.89. The van der Waals surface area contributed by atoms with Gasteiger partial charge in [0.1, 0.15) is 18.2 Å². The minimum atomic E-state index is -0.970. The van der Waals surface area contributed by atoms with Crippen molar-refractivity contribution in [1.29, 1.82) is 5.26 Å². The van der Waals surface area contributed by atoms with Gasteiger partial charge in [0.25, 0.3) is 0 Å². The molecule has 1 aliphatic rings. The number of carboxylic acids is 1. The molecule has 0 unspecified atom stereocenters. The number of hydrogen-bond donors (Lipinski definition) is 2. The van der Waals surface area contributed by atoms with Crippen LogP contribution < -0.4 is 10.2 Å². The van der Waals surface area contributed by atoms with Crippen molar-refractivity contribution in [2.24, 2.45) is 0 Å². The van der Waals surface area contributed by atoms with Crippen LogP contribution in [0.5, 0.6) is 0 Å². The summed E-state index contributed by atoms with van der Waals surface area (Å²) >= 11 is 6.15. The van der Waals surface area contributed by atoms with Crippen LogP contribution in [-0.4, -0.2) is 21.0 Å². The van der Waals surface area contributed by atoms with Crippen LogP contribution in [0.1, 0.15) is 27.2 Å². The fourth-order valence-electron chi connectivity index (χ4n) is 2.99. The summed E-state index contributed by atoms with van der Waals surface area (Å²) in [7, 11) is 0. The molecule has 0 atom stereocenters. The number of fused-ring (bicyclic) bond motifs is 1. The van der Waals surface area contributed by atoms with Crippen LogP contribution in [-0.2, 0) is 6.54 Å². The number of anilines is 3. The summed E-state index contributed by atoms with van der Waals surface area (Å²) in [5.74, 6) is -0.339. The van der Waals surface area contributed by atoms with Gasteiger partial charge in [-0.1, -0.05) is 11.6 Å². The maximum Gasteiger partial charge on any atom is 0.335 e. The van der Waals surface area contributed by atoms with E-state index in [2.05, 4.69) is 21.4 Å². The second kappa shape index (κ2) is 7.62. The molecule has 4 rings (SSSR count). The molecule has 1 aromatic heterocycles. The number of nitrogens with zero attached hydrogens (tertiary/aromatic N) is 4. The summed E-state index contributed by atoms with van der Waals surface area (Å²) < 4.78 is 0. The predicted molar refractivity (Wildman–Crippen MR) is 110 cm³/mol. The Labute approximate surface area is 171 Å². The number of halogens is 1. The number of benzene rings is 2. The fourth-order valence-corrected chi connectivity index (χ4v) is 3.21. The van der Waals surface area contributed by atoms with Crippen molar-refractivity contribution in [2.45, 2.75) is 6.54 Å². The van der Waals surface area contributed by atoms with Gasteiger partial charge in [0.15, 0.2) is 0 Å². The van der Waals surface area contributed by atoms with Crippen LogP contribution in [0.25, 0.3) is 6.08 Å². The summed E-state index contributed by atoms with van der Waals surface area (Å²) in [5, 5.41) is 21.6. The van der Waals surface area contributed by atoms with Gasteiger partial charge in [-0.05, 0) is 48.5 Å². The quantitative estimate of drug-likeness (QED) is 0.664. The van der Waals surface area contributed by atoms with Gasteiger partial charge in [0, 0.05) is 23.1 Å². The highest BCUT2D eigenvalue weighted by atomic mass is 35.5. The van der Waals surface area contributed by atoms with Crippen molar-refractivity contribution in [3.8, 4) is 6.07 Å². The smallest absolute Gasteiger partial charge is 0.335 e. The number of carboxylic acid groups (broad SMARTS) is 1. The predicted octanol–water partition coefficient (Wildman–Crippen LogP) is 4.43. The highest BCUT2D eigenvalue weighted by molar-refractivity contribution is 6.32. The van der Waals surface area contributed by atoms with E-state index in [-0.39, 0.29) is 5.56 Å². The van der Waals surface area contributed by atoms with Crippen LogP contribution in [0.15, 0.2) is 55.0 Å². The van der Waals surface area contributed by atoms with Crippen LogP contribution in [0.2, 0.25) is 5.02 Å². The number of hydrogen-bond acceptors (Lipinski definition) is 6. The summed E-state index contributed by atoms with van der Waals surface area (Å²) in [6, 6.07) is 13.8. The van der Waals surface area contributed by atoms with Gasteiger partial charge >= 0.3 is 5.97 Å². The second-order valence-electron chi connectivity index (χ2n) is 6.31. The minimum absolute atomic E-state index is 0.219. The van der Waals surface area contributed by atoms with E-state index in [1.165, 1.54) is 18.5 Å². The molecular formula is C21H14ClN5O2. The van der Waals surface area contributed by atoms with Gasteiger partial charge in [-0.15, -0.1) is 0 Å². The van der Waals surface area contributed by atoms with E-state index in [1.807, 2.05) is 23.2 Å². The van der Waals surface area contributed by atoms with E-state index in [1.54, 1.807) is 24.3 Å². The van der Waals surface area contributed by atoms with Crippen LogP contribution in [0.4, 0.5) is 17.2 Å². The summed E-state index contributed by atoms with van der Waals surface area (Å²) in [6.07, 6.45) is 5.29. The molecule has 0 aliphatic carbocycles. The molecule has 0 amide bonds. The van der Waals surface area contributed by atoms with E-state index in [0.29, 0.717) is 22.9 Å². The van der Waals surface area contributed by atoms with Gasteiger partial charge in [-0.3, -0.25) is 0 Å². The lowest BCUT2D eigenvalue weighted by Crippen LogP contribution is -2.21. The van der Waals surface area contributed by atoms with Crippen molar-refractivity contribution in [3.63, 3.8) is 0 Å². The number of aromatic carboxylic acids is 1. The highest BCUT2D eigenvalue weighted by Gasteiger charge is 2.18. The summed E-state index contributed by atoms with van der Waals surface area (Å²) in [4.78, 5) is 21.7. The van der Waals surface area contributed by atoms with Crippen molar-refractivity contribution in [2.75, 3.05) is 10.2 Å². The molecule has 0 radical (unpaired) electrons. The first-order valence-corrected chi connectivity index (χ1v) is 9.01. The van der Waals surface area contributed by atoms with Gasteiger partial charge in [0.2, 0.25) is 0 Å². The molecular weight excluding hydrogens is 390 g/mol. The molecule has 3 aromatic rings. The largest absolute Gasteiger partial charge is 0.478 e. The molecule has 7 nitrogen and oxygen atoms in total. The highest BCUT2D eigenvalue weighted by Crippen LogP contribution is 2.30. The Morgan fingerprint density at radius 3 is 2.69 bits per heavy atom. The molecule has 8 heteroatoms. The molecule has 0 fully saturated rings. The maximum atomic E-state index is 11.0. The van der Waals surface area contributed by atoms with E-state index in [4.69, 9.17) is 22.0 Å². The molecule has 1 aliphatic heterocycles. The SMILES string of the molecule is N#Cc1ccc(N2C=Cc3c(ncnc3Nc3ccc(C(=O)O)cc3)C2)cc1Cl. The molecule has 2 N–H and O–H groups in total. The van der Waals surface area contributed by atoms with Crippen molar-refractivity contribution in [3.05, 3.63) is 82.4 Å². The topological polar surface area (TPSA) is 102 Å². The first-order valence-electron chi connectivity index (χ1n) is 8.64. The third-order valence-corrected chi connectivity index (χ3v) is 4.82. The Kier molecular flexibility index (Phi) is 4.85. The molecule has 0 spiro atoms. The standard InChI is InChI=1S/C21H14ClN5O2/c22-18-9-16(6-3-14(18)10-23)27-8-7-17-19(11-27)24-12-25-20(17)26-15-4-1-13(2-5-15)21(28)29/h1-9,12H,11H2,(H,28,29)(H,24,25,26). The van der Waals surface area contributed by atoms with Crippen molar-refractivity contribution < 1.29 is 9.90 Å². The molecule has 0 saturated carbocycles. The van der Waals surface area contributed by atoms with Gasteiger partial charge in [0.05, 0.1) is 28.4 Å². The van der Waals surface area contributed by atoms with Crippen LogP contribution in [0, 0.1) is 11.3 Å². The van der Waals surface area contributed by atoms with E-state index in [9.17, 15) is 4.79 Å². The molecule has 2 heterocycles. The molecule has 0 bridgehead atoms. The molecule has 29 heavy (non-hydrogen) atoms. The lowest BCUT2D eigenvalue weighted by atomic mass is 10.1. The lowest BCUT2D eigenvalue weighted by molar-refractivity contribution is 0.0697. The maximum absolute atomic E-state index is 11.0. The van der Waals surface area contributed by atoms with E-state index < -0.39 is 5.97 Å². The number of nitriles is 1. The molecule has 2 aromatic carbocycles. The number of aromatic nitrogens is 2. The van der Waals surface area contributed by atoms with Crippen molar-refractivity contribution in [1.82, 2.24) is 9.97 Å². The average molecular weight is 404 g/mol. The normalized spacial score (nSPS) is 12.2. The van der Waals surface area contributed by atoms with Crippen molar-refractivity contribution >= 4 is 40.8 Å².